The van der Waals surface area contributed by atoms with Gasteiger partial charge in [0, 0.05) is 0 Å². The lowest BCUT2D eigenvalue weighted by atomic mass is 10.2. The maximum absolute atomic E-state index is 12.7. The highest BCUT2D eigenvalue weighted by Crippen LogP contribution is 2.31. The quantitative estimate of drug-likeness (QED) is 0.220. The number of benzene rings is 2. The van der Waals surface area contributed by atoms with Gasteiger partial charge in [0.25, 0.3) is 26.1 Å². The van der Waals surface area contributed by atoms with Crippen LogP contribution < -0.4 is 5.01 Å². The molecule has 2 aromatic carbocycles. The molecule has 2 heterocycles. The van der Waals surface area contributed by atoms with E-state index in [2.05, 4.69) is 10.2 Å². The lowest BCUT2D eigenvalue weighted by Gasteiger charge is -2.11. The van der Waals surface area contributed by atoms with E-state index in [4.69, 9.17) is 9.11 Å². The zero-order valence-corrected chi connectivity index (χ0v) is 19.9. The summed E-state index contributed by atoms with van der Waals surface area (Å²) in [6.45, 7) is 0. The third-order valence-corrected chi connectivity index (χ3v) is 6.76. The van der Waals surface area contributed by atoms with E-state index in [1.165, 1.54) is 36.4 Å². The number of allylic oxidation sites excluding steroid dienone is 2. The minimum Gasteiger partial charge on any atom is -0.493 e. The molecule has 3 aromatic rings. The molecule has 0 saturated heterocycles. The van der Waals surface area contributed by atoms with Crippen LogP contribution in [-0.2, 0) is 25.0 Å². The lowest BCUT2D eigenvalue weighted by molar-refractivity contribution is -0.114. The first-order valence-corrected chi connectivity index (χ1v) is 12.8. The van der Waals surface area contributed by atoms with Crippen LogP contribution >= 0.6 is 0 Å². The number of carbonyl (C=O) groups is 1. The first kappa shape index (κ1) is 25.6. The molecule has 0 radical (unpaired) electrons. The second-order valence-electron chi connectivity index (χ2n) is 7.39. The Kier molecular flexibility index (Phi) is 6.34. The molecule has 0 saturated carbocycles. The Morgan fingerprint density at radius 1 is 0.784 bits per heavy atom. The third kappa shape index (κ3) is 5.07. The van der Waals surface area contributed by atoms with Crippen LogP contribution in [0.4, 0.5) is 5.69 Å². The molecule has 5 N–H and O–H groups in total. The Balaban J connectivity index is 1.56. The second-order valence-corrected chi connectivity index (χ2v) is 10.2. The number of nitrogens with zero attached hydrogens (tertiary/aromatic N) is 4. The van der Waals surface area contributed by atoms with Crippen molar-refractivity contribution in [2.75, 3.05) is 5.01 Å². The van der Waals surface area contributed by atoms with E-state index in [1.807, 2.05) is 0 Å². The van der Waals surface area contributed by atoms with Crippen LogP contribution in [-0.4, -0.2) is 62.8 Å². The van der Waals surface area contributed by atoms with Crippen molar-refractivity contribution in [3.05, 3.63) is 71.8 Å². The standard InChI is InChI=1S/C21H16N4O10S2/c26-18-16(20(28)24(22-18)12-4-8-14(9-5-12)36(30,31)32)2-1-3-17-19(27)23-25(21(17)29)13-6-10-15(11-7-13)37(33,34)35/h1-11,28H,(H,22,26)(H,23,27)(H,30,31,32)(H,33,34,35)/b2-1?,17-3-. The fourth-order valence-electron chi connectivity index (χ4n) is 3.22. The SMILES string of the molecule is O=C1/C(=C\C=Cc2c(O)nn(-c3ccc(S(=O)(=O)O)cc3)c2O)C(O)=NN1c1ccc(S(=O)(=O)O)cc1. The molecule has 1 aliphatic rings. The smallest absolute Gasteiger partial charge is 0.294 e. The number of amides is 1. The van der Waals surface area contributed by atoms with Crippen LogP contribution in [0.5, 0.6) is 11.8 Å². The summed E-state index contributed by atoms with van der Waals surface area (Å²) >= 11 is 0. The summed E-state index contributed by atoms with van der Waals surface area (Å²) in [6.07, 6.45) is 3.54. The summed E-state index contributed by atoms with van der Waals surface area (Å²) in [5, 5.41) is 38.9. The molecule has 0 atom stereocenters. The normalized spacial score (nSPS) is 15.6. The predicted octanol–water partition coefficient (Wildman–Crippen LogP) is 1.63. The molecule has 0 bridgehead atoms. The summed E-state index contributed by atoms with van der Waals surface area (Å²) in [4.78, 5) is 11.9. The van der Waals surface area contributed by atoms with Crippen molar-refractivity contribution in [3.63, 3.8) is 0 Å². The summed E-state index contributed by atoms with van der Waals surface area (Å²) in [5.41, 5.74) is -0.171. The largest absolute Gasteiger partial charge is 0.493 e. The molecule has 0 aliphatic carbocycles. The molecular weight excluding hydrogens is 532 g/mol. The molecule has 0 unspecified atom stereocenters. The van der Waals surface area contributed by atoms with Gasteiger partial charge < -0.3 is 15.3 Å². The summed E-state index contributed by atoms with van der Waals surface area (Å²) in [7, 11) is -8.87. The van der Waals surface area contributed by atoms with Crippen LogP contribution in [0.25, 0.3) is 11.8 Å². The van der Waals surface area contributed by atoms with Crippen molar-refractivity contribution in [2.24, 2.45) is 5.10 Å². The molecule has 1 amide bonds. The van der Waals surface area contributed by atoms with Crippen molar-refractivity contribution in [2.45, 2.75) is 9.79 Å². The maximum atomic E-state index is 12.7. The van der Waals surface area contributed by atoms with E-state index >= 15 is 0 Å². The Hall–Kier alpha value is -4.51. The van der Waals surface area contributed by atoms with Crippen molar-refractivity contribution in [1.82, 2.24) is 9.78 Å². The number of aromatic nitrogens is 2. The van der Waals surface area contributed by atoms with E-state index in [-0.39, 0.29) is 27.4 Å². The van der Waals surface area contributed by atoms with Crippen molar-refractivity contribution < 1.29 is 46.1 Å². The number of aromatic hydroxyl groups is 2. The van der Waals surface area contributed by atoms with Gasteiger partial charge in [0.05, 0.1) is 21.2 Å². The van der Waals surface area contributed by atoms with Gasteiger partial charge >= 0.3 is 0 Å². The fourth-order valence-corrected chi connectivity index (χ4v) is 4.18. The Labute approximate surface area is 208 Å². The average Bonchev–Trinajstić information content (AvgIpc) is 3.28. The topological polar surface area (TPSA) is 220 Å². The molecule has 16 heteroatoms. The zero-order chi connectivity index (χ0) is 27.1. The Bertz CT molecular complexity index is 1700. The highest BCUT2D eigenvalue weighted by Gasteiger charge is 2.31. The number of carbonyl (C=O) groups excluding carboxylic acids is 1. The van der Waals surface area contributed by atoms with Crippen molar-refractivity contribution >= 4 is 43.8 Å². The van der Waals surface area contributed by atoms with E-state index in [9.17, 15) is 36.9 Å². The molecule has 0 fully saturated rings. The van der Waals surface area contributed by atoms with Gasteiger partial charge in [-0.3, -0.25) is 13.9 Å². The van der Waals surface area contributed by atoms with Crippen LogP contribution in [0.2, 0.25) is 0 Å². The van der Waals surface area contributed by atoms with E-state index in [0.717, 1.165) is 40.0 Å². The Morgan fingerprint density at radius 2 is 1.30 bits per heavy atom. The number of rotatable bonds is 6. The summed E-state index contributed by atoms with van der Waals surface area (Å²) < 4.78 is 63.7. The second kappa shape index (κ2) is 9.17. The van der Waals surface area contributed by atoms with Crippen LogP contribution in [0.15, 0.2) is 81.1 Å². The lowest BCUT2D eigenvalue weighted by Crippen LogP contribution is -2.21. The minimum absolute atomic E-state index is 0.105. The van der Waals surface area contributed by atoms with Gasteiger partial charge in [-0.15, -0.1) is 10.2 Å². The van der Waals surface area contributed by atoms with E-state index in [1.54, 1.807) is 0 Å². The molecule has 14 nitrogen and oxygen atoms in total. The van der Waals surface area contributed by atoms with Gasteiger partial charge in [-0.2, -0.15) is 26.5 Å². The number of hydrogen-bond acceptors (Lipinski definition) is 9. The zero-order valence-electron chi connectivity index (χ0n) is 18.2. The number of hydrazone groups is 1. The maximum Gasteiger partial charge on any atom is 0.294 e. The number of aliphatic hydroxyl groups is 1. The molecule has 37 heavy (non-hydrogen) atoms. The molecule has 1 aromatic heterocycles. The first-order chi connectivity index (χ1) is 17.3. The van der Waals surface area contributed by atoms with Gasteiger partial charge in [0.15, 0.2) is 0 Å². The van der Waals surface area contributed by atoms with E-state index in [0.29, 0.717) is 0 Å². The van der Waals surface area contributed by atoms with Gasteiger partial charge in [-0.25, -0.2) is 0 Å². The highest BCUT2D eigenvalue weighted by atomic mass is 32.2. The number of anilines is 1. The molecular formula is C21H16N4O10S2. The van der Waals surface area contributed by atoms with Gasteiger partial charge in [0.1, 0.15) is 11.1 Å². The van der Waals surface area contributed by atoms with Gasteiger partial charge in [0.2, 0.25) is 17.7 Å². The van der Waals surface area contributed by atoms with Gasteiger partial charge in [-0.05, 0) is 60.7 Å². The molecule has 0 spiro atoms. The minimum atomic E-state index is -4.44. The Morgan fingerprint density at radius 3 is 1.81 bits per heavy atom. The fraction of sp³-hybridized carbons (Fsp3) is 0. The predicted molar refractivity (Wildman–Crippen MR) is 128 cm³/mol. The third-order valence-electron chi connectivity index (χ3n) is 5.02. The van der Waals surface area contributed by atoms with Crippen molar-refractivity contribution in [1.29, 1.82) is 0 Å². The molecule has 1 aliphatic heterocycles. The van der Waals surface area contributed by atoms with E-state index < -0.39 is 48.7 Å². The van der Waals surface area contributed by atoms with Crippen molar-refractivity contribution in [3.8, 4) is 17.4 Å². The first-order valence-electron chi connectivity index (χ1n) is 9.94. The van der Waals surface area contributed by atoms with Crippen LogP contribution in [0, 0.1) is 0 Å². The molecule has 192 valence electrons. The monoisotopic (exact) mass is 548 g/mol. The van der Waals surface area contributed by atoms with Gasteiger partial charge in [-0.1, -0.05) is 6.08 Å². The highest BCUT2D eigenvalue weighted by molar-refractivity contribution is 7.86. The molecule has 4 rings (SSSR count). The average molecular weight is 549 g/mol. The number of hydrogen-bond donors (Lipinski definition) is 5. The summed E-state index contributed by atoms with van der Waals surface area (Å²) in [5.74, 6) is -2.58. The van der Waals surface area contributed by atoms with Crippen LogP contribution in [0.3, 0.4) is 0 Å². The van der Waals surface area contributed by atoms with Crippen LogP contribution in [0.1, 0.15) is 5.56 Å². The number of aliphatic hydroxyl groups excluding tert-OH is 1. The summed E-state index contributed by atoms with van der Waals surface area (Å²) in [6, 6.07) is 9.09.